The molecule has 112 valence electrons. The highest BCUT2D eigenvalue weighted by atomic mass is 16.6. The van der Waals surface area contributed by atoms with Gasteiger partial charge in [-0.15, -0.1) is 0 Å². The number of ether oxygens (including phenoxy) is 2. The molecule has 0 radical (unpaired) electrons. The molecule has 0 saturated carbocycles. The second kappa shape index (κ2) is 7.03. The predicted octanol–water partition coefficient (Wildman–Crippen LogP) is 3.22. The van der Waals surface area contributed by atoms with Crippen molar-refractivity contribution in [2.24, 2.45) is 0 Å². The summed E-state index contributed by atoms with van der Waals surface area (Å²) in [6.45, 7) is 0. The third-order valence-corrected chi connectivity index (χ3v) is 2.75. The minimum atomic E-state index is -0.622. The average Bonchev–Trinajstić information content (AvgIpc) is 2.53. The molecule has 0 aromatic heterocycles. The van der Waals surface area contributed by atoms with E-state index in [1.54, 1.807) is 37.5 Å². The number of nitrogens with zero attached hydrogens (tertiary/aromatic N) is 1. The quantitative estimate of drug-likeness (QED) is 0.278. The average molecular weight is 299 g/mol. The van der Waals surface area contributed by atoms with Crippen LogP contribution in [-0.4, -0.2) is 18.0 Å². The van der Waals surface area contributed by atoms with E-state index in [0.29, 0.717) is 5.75 Å². The fraction of sp³-hybridized carbons (Fsp3) is 0.0625. The first-order valence-corrected chi connectivity index (χ1v) is 6.37. The van der Waals surface area contributed by atoms with Crippen LogP contribution in [0, 0.1) is 10.1 Å². The number of nitro benzene ring substituents is 1. The summed E-state index contributed by atoms with van der Waals surface area (Å²) in [6.07, 6.45) is 2.82. The van der Waals surface area contributed by atoms with Crippen LogP contribution in [0.5, 0.6) is 11.5 Å². The molecule has 6 heteroatoms. The molecule has 2 aromatic rings. The van der Waals surface area contributed by atoms with Crippen molar-refractivity contribution in [2.45, 2.75) is 0 Å². The second-order valence-electron chi connectivity index (χ2n) is 4.29. The Bertz CT molecular complexity index is 724. The van der Waals surface area contributed by atoms with Gasteiger partial charge < -0.3 is 9.47 Å². The standard InChI is InChI=1S/C16H13NO5/c1-21-14-6-2-4-12(10-14)8-9-16(18)22-15-7-3-5-13(11-15)17(19)20/h2-11H,1H3/b9-8+. The SMILES string of the molecule is COc1cccc(/C=C/C(=O)Oc2cccc([N+](=O)[O-])c2)c1. The van der Waals surface area contributed by atoms with Crippen molar-refractivity contribution in [1.29, 1.82) is 0 Å². The molecule has 2 aromatic carbocycles. The minimum Gasteiger partial charge on any atom is -0.497 e. The van der Waals surface area contributed by atoms with Crippen LogP contribution in [0.3, 0.4) is 0 Å². The number of carbonyl (C=O) groups excluding carboxylic acids is 1. The zero-order valence-electron chi connectivity index (χ0n) is 11.8. The molecule has 0 atom stereocenters. The number of non-ortho nitro benzene ring substituents is 1. The summed E-state index contributed by atoms with van der Waals surface area (Å²) >= 11 is 0. The lowest BCUT2D eigenvalue weighted by molar-refractivity contribution is -0.384. The molecule has 0 amide bonds. The molecule has 0 saturated heterocycles. The van der Waals surface area contributed by atoms with Gasteiger partial charge in [0.15, 0.2) is 0 Å². The zero-order chi connectivity index (χ0) is 15.9. The minimum absolute atomic E-state index is 0.120. The third-order valence-electron chi connectivity index (χ3n) is 2.75. The number of esters is 1. The van der Waals surface area contributed by atoms with Crippen LogP contribution < -0.4 is 9.47 Å². The Morgan fingerprint density at radius 2 is 1.86 bits per heavy atom. The van der Waals surface area contributed by atoms with Crippen LogP contribution in [0.4, 0.5) is 5.69 Å². The number of nitro groups is 1. The molecule has 0 aliphatic carbocycles. The van der Waals surface area contributed by atoms with Crippen molar-refractivity contribution in [1.82, 2.24) is 0 Å². The Morgan fingerprint density at radius 1 is 1.14 bits per heavy atom. The van der Waals surface area contributed by atoms with Crippen molar-refractivity contribution in [3.05, 3.63) is 70.3 Å². The van der Waals surface area contributed by atoms with E-state index in [9.17, 15) is 14.9 Å². The van der Waals surface area contributed by atoms with Gasteiger partial charge in [-0.05, 0) is 29.8 Å². The van der Waals surface area contributed by atoms with E-state index in [1.807, 2.05) is 0 Å². The summed E-state index contributed by atoms with van der Waals surface area (Å²) in [4.78, 5) is 21.8. The lowest BCUT2D eigenvalue weighted by Crippen LogP contribution is -2.03. The smallest absolute Gasteiger partial charge is 0.336 e. The molecular weight excluding hydrogens is 286 g/mol. The van der Waals surface area contributed by atoms with E-state index >= 15 is 0 Å². The number of benzene rings is 2. The highest BCUT2D eigenvalue weighted by molar-refractivity contribution is 5.88. The van der Waals surface area contributed by atoms with Gasteiger partial charge in [-0.25, -0.2) is 4.79 Å². The van der Waals surface area contributed by atoms with E-state index < -0.39 is 10.9 Å². The largest absolute Gasteiger partial charge is 0.497 e. The molecule has 0 heterocycles. The molecule has 0 spiro atoms. The summed E-state index contributed by atoms with van der Waals surface area (Å²) in [6, 6.07) is 12.6. The van der Waals surface area contributed by atoms with E-state index in [2.05, 4.69) is 0 Å². The topological polar surface area (TPSA) is 78.7 Å². The molecule has 0 unspecified atom stereocenters. The van der Waals surface area contributed by atoms with Crippen LogP contribution in [0.25, 0.3) is 6.08 Å². The van der Waals surface area contributed by atoms with Gasteiger partial charge in [0, 0.05) is 12.1 Å². The molecule has 0 bridgehead atoms. The molecular formula is C16H13NO5. The van der Waals surface area contributed by atoms with Gasteiger partial charge in [-0.2, -0.15) is 0 Å². The summed E-state index contributed by atoms with van der Waals surface area (Å²) in [5.74, 6) is 0.173. The summed E-state index contributed by atoms with van der Waals surface area (Å²) in [7, 11) is 1.55. The van der Waals surface area contributed by atoms with Gasteiger partial charge in [0.1, 0.15) is 11.5 Å². The van der Waals surface area contributed by atoms with Crippen LogP contribution in [0.1, 0.15) is 5.56 Å². The molecule has 6 nitrogen and oxygen atoms in total. The Morgan fingerprint density at radius 3 is 2.59 bits per heavy atom. The lowest BCUT2D eigenvalue weighted by Gasteiger charge is -2.01. The normalized spacial score (nSPS) is 10.4. The molecule has 0 N–H and O–H groups in total. The first kappa shape index (κ1) is 15.2. The molecule has 0 fully saturated rings. The highest BCUT2D eigenvalue weighted by Gasteiger charge is 2.08. The Kier molecular flexibility index (Phi) is 4.87. The van der Waals surface area contributed by atoms with Crippen LogP contribution in [0.15, 0.2) is 54.6 Å². The number of rotatable bonds is 5. The zero-order valence-corrected chi connectivity index (χ0v) is 11.8. The Balaban J connectivity index is 2.04. The van der Waals surface area contributed by atoms with Crippen molar-refractivity contribution in [2.75, 3.05) is 7.11 Å². The molecule has 0 aliphatic rings. The number of hydrogen-bond donors (Lipinski definition) is 0. The number of carbonyl (C=O) groups is 1. The Hall–Kier alpha value is -3.15. The van der Waals surface area contributed by atoms with Gasteiger partial charge in [0.05, 0.1) is 18.1 Å². The molecule has 22 heavy (non-hydrogen) atoms. The number of methoxy groups -OCH3 is 1. The van der Waals surface area contributed by atoms with Crippen LogP contribution in [0.2, 0.25) is 0 Å². The molecule has 0 aliphatic heterocycles. The maximum Gasteiger partial charge on any atom is 0.336 e. The molecule has 2 rings (SSSR count). The van der Waals surface area contributed by atoms with Crippen molar-refractivity contribution in [3.63, 3.8) is 0 Å². The maximum absolute atomic E-state index is 11.7. The lowest BCUT2D eigenvalue weighted by atomic mass is 10.2. The van der Waals surface area contributed by atoms with Gasteiger partial charge in [-0.3, -0.25) is 10.1 Å². The second-order valence-corrected chi connectivity index (χ2v) is 4.29. The third kappa shape index (κ3) is 4.17. The van der Waals surface area contributed by atoms with Gasteiger partial charge in [0.25, 0.3) is 5.69 Å². The summed E-state index contributed by atoms with van der Waals surface area (Å²) in [5.41, 5.74) is 0.636. The van der Waals surface area contributed by atoms with Gasteiger partial charge in [0.2, 0.25) is 0 Å². The first-order chi connectivity index (χ1) is 10.6. The van der Waals surface area contributed by atoms with Crippen molar-refractivity contribution in [3.8, 4) is 11.5 Å². The van der Waals surface area contributed by atoms with E-state index in [-0.39, 0.29) is 11.4 Å². The summed E-state index contributed by atoms with van der Waals surface area (Å²) in [5, 5.41) is 10.6. The van der Waals surface area contributed by atoms with E-state index in [0.717, 1.165) is 5.56 Å². The predicted molar refractivity (Wildman–Crippen MR) is 80.8 cm³/mol. The summed E-state index contributed by atoms with van der Waals surface area (Å²) < 4.78 is 10.1. The van der Waals surface area contributed by atoms with Crippen molar-refractivity contribution < 1.29 is 19.2 Å². The first-order valence-electron chi connectivity index (χ1n) is 6.37. The van der Waals surface area contributed by atoms with Gasteiger partial charge >= 0.3 is 5.97 Å². The van der Waals surface area contributed by atoms with Crippen molar-refractivity contribution >= 4 is 17.7 Å². The van der Waals surface area contributed by atoms with Gasteiger partial charge in [-0.1, -0.05) is 18.2 Å². The van der Waals surface area contributed by atoms with Crippen LogP contribution in [-0.2, 0) is 4.79 Å². The number of hydrogen-bond acceptors (Lipinski definition) is 5. The fourth-order valence-electron chi connectivity index (χ4n) is 1.72. The monoisotopic (exact) mass is 299 g/mol. The maximum atomic E-state index is 11.7. The highest BCUT2D eigenvalue weighted by Crippen LogP contribution is 2.19. The fourth-order valence-corrected chi connectivity index (χ4v) is 1.72. The van der Waals surface area contributed by atoms with E-state index in [4.69, 9.17) is 9.47 Å². The van der Waals surface area contributed by atoms with Crippen LogP contribution >= 0.6 is 0 Å². The Labute approximate surface area is 126 Å². The van der Waals surface area contributed by atoms with E-state index in [1.165, 1.54) is 30.3 Å².